The van der Waals surface area contributed by atoms with Crippen LogP contribution in [0, 0.1) is 12.8 Å². The monoisotopic (exact) mass is 400 g/mol. The van der Waals surface area contributed by atoms with Crippen molar-refractivity contribution >= 4 is 27.3 Å². The predicted octanol–water partition coefficient (Wildman–Crippen LogP) is 2.43. The molecule has 2 amide bonds. The van der Waals surface area contributed by atoms with Crippen LogP contribution in [0.15, 0.2) is 53.4 Å². The summed E-state index contributed by atoms with van der Waals surface area (Å²) in [5.41, 5.74) is 2.38. The Bertz CT molecular complexity index is 987. The van der Waals surface area contributed by atoms with Crippen molar-refractivity contribution in [3.8, 4) is 0 Å². The number of hydrogen-bond donors (Lipinski definition) is 1. The van der Waals surface area contributed by atoms with Crippen LogP contribution in [0.3, 0.4) is 0 Å². The molecule has 0 spiro atoms. The van der Waals surface area contributed by atoms with Crippen LogP contribution in [0.4, 0.5) is 5.69 Å². The molecule has 148 valence electrons. The predicted molar refractivity (Wildman–Crippen MR) is 108 cm³/mol. The van der Waals surface area contributed by atoms with Gasteiger partial charge in [0.25, 0.3) is 0 Å². The van der Waals surface area contributed by atoms with Crippen LogP contribution in [0.2, 0.25) is 0 Å². The Hall–Kier alpha value is -2.67. The lowest BCUT2D eigenvalue weighted by molar-refractivity contribution is -0.128. The van der Waals surface area contributed by atoms with E-state index in [-0.39, 0.29) is 23.1 Å². The molecule has 1 aliphatic rings. The van der Waals surface area contributed by atoms with Gasteiger partial charge in [-0.25, -0.2) is 8.42 Å². The summed E-state index contributed by atoms with van der Waals surface area (Å²) < 4.78 is 23.5. The topological polar surface area (TPSA) is 83.5 Å². The molecule has 2 aromatic carbocycles. The van der Waals surface area contributed by atoms with Crippen LogP contribution in [0.5, 0.6) is 0 Å². The van der Waals surface area contributed by atoms with Gasteiger partial charge >= 0.3 is 0 Å². The van der Waals surface area contributed by atoms with Crippen molar-refractivity contribution < 1.29 is 18.0 Å². The molecule has 1 saturated heterocycles. The standard InChI is InChI=1S/C21H24N2O4S/c1-15-8-9-18(28(2,26)27)13-19(15)22-21(25)17-12-20(24)23(14-17)11-10-16-6-4-3-5-7-16/h3-9,13,17H,10-12,14H2,1-2H3,(H,22,25)/t17-/m0/s1. The minimum absolute atomic E-state index is 0.0299. The van der Waals surface area contributed by atoms with Gasteiger partial charge in [0.05, 0.1) is 10.8 Å². The summed E-state index contributed by atoms with van der Waals surface area (Å²) in [5.74, 6) is -0.730. The summed E-state index contributed by atoms with van der Waals surface area (Å²) in [5, 5.41) is 2.80. The van der Waals surface area contributed by atoms with E-state index >= 15 is 0 Å². The third kappa shape index (κ3) is 4.78. The van der Waals surface area contributed by atoms with Crippen LogP contribution in [0.1, 0.15) is 17.5 Å². The molecular formula is C21H24N2O4S. The van der Waals surface area contributed by atoms with Crippen molar-refractivity contribution in [2.75, 3.05) is 24.7 Å². The van der Waals surface area contributed by atoms with Crippen LogP contribution in [-0.4, -0.2) is 44.5 Å². The smallest absolute Gasteiger partial charge is 0.229 e. The van der Waals surface area contributed by atoms with Crippen molar-refractivity contribution in [1.82, 2.24) is 4.90 Å². The number of rotatable bonds is 6. The quantitative estimate of drug-likeness (QED) is 0.807. The average Bonchev–Trinajstić information content (AvgIpc) is 3.02. The van der Waals surface area contributed by atoms with Crippen LogP contribution >= 0.6 is 0 Å². The number of likely N-dealkylation sites (tertiary alicyclic amines) is 1. The van der Waals surface area contributed by atoms with E-state index in [0.29, 0.717) is 18.8 Å². The lowest BCUT2D eigenvalue weighted by Crippen LogP contribution is -2.30. The lowest BCUT2D eigenvalue weighted by atomic mass is 10.1. The molecule has 7 heteroatoms. The van der Waals surface area contributed by atoms with Gasteiger partial charge in [0.1, 0.15) is 0 Å². The van der Waals surface area contributed by atoms with E-state index in [9.17, 15) is 18.0 Å². The van der Waals surface area contributed by atoms with E-state index in [1.54, 1.807) is 17.9 Å². The number of nitrogens with one attached hydrogen (secondary N) is 1. The molecule has 0 aliphatic carbocycles. The number of nitrogens with zero attached hydrogens (tertiary/aromatic N) is 1. The fraction of sp³-hybridized carbons (Fsp3) is 0.333. The van der Waals surface area contributed by atoms with Gasteiger partial charge in [-0.1, -0.05) is 36.4 Å². The lowest BCUT2D eigenvalue weighted by Gasteiger charge is -2.17. The zero-order valence-corrected chi connectivity index (χ0v) is 16.8. The highest BCUT2D eigenvalue weighted by molar-refractivity contribution is 7.90. The Morgan fingerprint density at radius 1 is 1.18 bits per heavy atom. The van der Waals surface area contributed by atoms with Gasteiger partial charge in [0.15, 0.2) is 9.84 Å². The molecule has 1 aliphatic heterocycles. The van der Waals surface area contributed by atoms with Crippen molar-refractivity contribution in [3.05, 3.63) is 59.7 Å². The van der Waals surface area contributed by atoms with E-state index in [1.165, 1.54) is 12.1 Å². The maximum absolute atomic E-state index is 12.7. The number of sulfone groups is 1. The molecule has 1 atom stereocenters. The van der Waals surface area contributed by atoms with E-state index < -0.39 is 15.8 Å². The Labute approximate surface area is 165 Å². The van der Waals surface area contributed by atoms with Crippen LogP contribution < -0.4 is 5.32 Å². The fourth-order valence-corrected chi connectivity index (χ4v) is 3.92. The highest BCUT2D eigenvalue weighted by Gasteiger charge is 2.34. The zero-order valence-electron chi connectivity index (χ0n) is 16.0. The summed E-state index contributed by atoms with van der Waals surface area (Å²) in [7, 11) is -3.36. The second kappa shape index (κ2) is 8.14. The second-order valence-corrected chi connectivity index (χ2v) is 9.23. The molecule has 1 N–H and O–H groups in total. The van der Waals surface area contributed by atoms with Crippen LogP contribution in [-0.2, 0) is 25.8 Å². The first kappa shape index (κ1) is 20.1. The highest BCUT2D eigenvalue weighted by Crippen LogP contribution is 2.24. The summed E-state index contributed by atoms with van der Waals surface area (Å²) in [6.07, 6.45) is 2.05. The number of benzene rings is 2. The van der Waals surface area contributed by atoms with Gasteiger partial charge in [-0.05, 0) is 36.6 Å². The highest BCUT2D eigenvalue weighted by atomic mass is 32.2. The third-order valence-electron chi connectivity index (χ3n) is 4.99. The van der Waals surface area contributed by atoms with Crippen molar-refractivity contribution in [2.45, 2.75) is 24.7 Å². The largest absolute Gasteiger partial charge is 0.342 e. The van der Waals surface area contributed by atoms with Crippen molar-refractivity contribution in [1.29, 1.82) is 0 Å². The van der Waals surface area contributed by atoms with E-state index in [4.69, 9.17) is 0 Å². The Morgan fingerprint density at radius 3 is 2.57 bits per heavy atom. The van der Waals surface area contributed by atoms with Gasteiger partial charge < -0.3 is 10.2 Å². The Kier molecular flexibility index (Phi) is 5.84. The summed E-state index contributed by atoms with van der Waals surface area (Å²) in [4.78, 5) is 26.8. The fourth-order valence-electron chi connectivity index (χ4n) is 3.27. The molecule has 0 radical (unpaired) electrons. The number of anilines is 1. The molecule has 2 aromatic rings. The molecule has 3 rings (SSSR count). The van der Waals surface area contributed by atoms with Crippen molar-refractivity contribution in [2.24, 2.45) is 5.92 Å². The SMILES string of the molecule is Cc1ccc(S(C)(=O)=O)cc1NC(=O)[C@H]1CC(=O)N(CCc2ccccc2)C1. The third-order valence-corrected chi connectivity index (χ3v) is 6.10. The van der Waals surface area contributed by atoms with Gasteiger partial charge in [0.2, 0.25) is 11.8 Å². The molecule has 0 saturated carbocycles. The maximum Gasteiger partial charge on any atom is 0.229 e. The van der Waals surface area contributed by atoms with E-state index in [0.717, 1.165) is 23.8 Å². The summed E-state index contributed by atoms with van der Waals surface area (Å²) >= 11 is 0. The van der Waals surface area contributed by atoms with Crippen molar-refractivity contribution in [3.63, 3.8) is 0 Å². The van der Waals surface area contributed by atoms with Gasteiger partial charge in [-0.2, -0.15) is 0 Å². The molecule has 0 bridgehead atoms. The normalized spacial score (nSPS) is 17.0. The molecule has 28 heavy (non-hydrogen) atoms. The molecular weight excluding hydrogens is 376 g/mol. The maximum atomic E-state index is 12.7. The minimum Gasteiger partial charge on any atom is -0.342 e. The van der Waals surface area contributed by atoms with Gasteiger partial charge in [-0.3, -0.25) is 9.59 Å². The first-order valence-electron chi connectivity index (χ1n) is 9.17. The Balaban J connectivity index is 1.63. The molecule has 1 fully saturated rings. The van der Waals surface area contributed by atoms with E-state index in [2.05, 4.69) is 5.32 Å². The summed E-state index contributed by atoms with van der Waals surface area (Å²) in [6.45, 7) is 2.76. The molecule has 1 heterocycles. The number of amides is 2. The van der Waals surface area contributed by atoms with Crippen LogP contribution in [0.25, 0.3) is 0 Å². The molecule has 6 nitrogen and oxygen atoms in total. The number of aryl methyl sites for hydroxylation is 1. The van der Waals surface area contributed by atoms with E-state index in [1.807, 2.05) is 30.3 Å². The zero-order chi connectivity index (χ0) is 20.3. The molecule has 0 unspecified atom stereocenters. The molecule has 0 aromatic heterocycles. The van der Waals surface area contributed by atoms with Gasteiger partial charge in [0, 0.05) is 31.5 Å². The second-order valence-electron chi connectivity index (χ2n) is 7.21. The average molecular weight is 401 g/mol. The van der Waals surface area contributed by atoms with Gasteiger partial charge in [-0.15, -0.1) is 0 Å². The Morgan fingerprint density at radius 2 is 1.89 bits per heavy atom. The number of carbonyl (C=O) groups excluding carboxylic acids is 2. The first-order valence-corrected chi connectivity index (χ1v) is 11.1. The number of carbonyl (C=O) groups is 2. The summed E-state index contributed by atoms with van der Waals surface area (Å²) in [6, 6.07) is 14.6. The number of hydrogen-bond acceptors (Lipinski definition) is 4. The first-order chi connectivity index (χ1) is 13.2. The minimum atomic E-state index is -3.36.